The minimum Gasteiger partial charge on any atom is -0.310 e. The van der Waals surface area contributed by atoms with E-state index in [-0.39, 0.29) is 7.33 Å². The summed E-state index contributed by atoms with van der Waals surface area (Å²) in [7, 11) is 0. The van der Waals surface area contributed by atoms with Gasteiger partial charge in [-0.15, -0.1) is 0 Å². The maximum absolute atomic E-state index is 11.0. The highest BCUT2D eigenvalue weighted by atomic mass is 16.1. The van der Waals surface area contributed by atoms with Crippen LogP contribution in [0.25, 0.3) is 0 Å². The van der Waals surface area contributed by atoms with Crippen molar-refractivity contribution in [2.24, 2.45) is 0 Å². The Bertz CT molecular complexity index is 352. The summed E-state index contributed by atoms with van der Waals surface area (Å²) in [5, 5.41) is 2.76. The van der Waals surface area contributed by atoms with Crippen molar-refractivity contribution < 1.29 is 6.22 Å². The number of nitrogens with one attached hydrogen (secondary N) is 1. The third-order valence-corrected chi connectivity index (χ3v) is 2.31. The van der Waals surface area contributed by atoms with Crippen LogP contribution in [-0.2, 0) is 17.6 Å². The topological polar surface area (TPSA) is 42.0 Å². The van der Waals surface area contributed by atoms with Gasteiger partial charge in [0, 0.05) is 14.0 Å². The van der Waals surface area contributed by atoms with E-state index in [0.29, 0.717) is 6.42 Å². The van der Waals surface area contributed by atoms with Crippen LogP contribution in [0, 0.1) is 0 Å². The number of nitrogens with zero attached hydrogens (tertiary/aromatic N) is 1. The normalized spacial score (nSPS) is 15.0. The number of fused-ring (bicyclic) bond motifs is 1. The van der Waals surface area contributed by atoms with Gasteiger partial charge in [-0.05, 0) is 24.0 Å². The monoisotopic (exact) mass is 178 g/mol. The highest BCUT2D eigenvalue weighted by Gasteiger charge is 2.15. The second-order valence-corrected chi connectivity index (χ2v) is 3.25. The van der Waals surface area contributed by atoms with Crippen molar-refractivity contribution in [1.82, 2.24) is 4.98 Å². The molecular weight excluding hydrogens is 164 g/mol. The molecule has 0 saturated carbocycles. The van der Waals surface area contributed by atoms with E-state index >= 15 is 0 Å². The van der Waals surface area contributed by atoms with E-state index in [9.17, 15) is 4.79 Å². The van der Waals surface area contributed by atoms with E-state index in [4.69, 9.17) is 0 Å². The minimum absolute atomic E-state index is 0. The third-order valence-electron chi connectivity index (χ3n) is 2.31. The van der Waals surface area contributed by atoms with Gasteiger partial charge in [-0.3, -0.25) is 4.79 Å². The smallest absolute Gasteiger partial charge is 0.225 e. The molecule has 0 atom stereocenters. The van der Waals surface area contributed by atoms with Gasteiger partial charge in [0.05, 0.1) is 0 Å². The minimum atomic E-state index is 0. The van der Waals surface area contributed by atoms with Gasteiger partial charge in [-0.25, -0.2) is 4.98 Å². The second kappa shape index (κ2) is 3.17. The predicted molar refractivity (Wildman–Crippen MR) is 52.7 cm³/mol. The van der Waals surface area contributed by atoms with Gasteiger partial charge in [0.2, 0.25) is 5.91 Å². The fourth-order valence-corrected chi connectivity index (χ4v) is 1.50. The van der Waals surface area contributed by atoms with Crippen molar-refractivity contribution in [3.05, 3.63) is 23.4 Å². The lowest BCUT2D eigenvalue weighted by atomic mass is 10.0. The van der Waals surface area contributed by atoms with Crippen LogP contribution < -0.4 is 5.32 Å². The Morgan fingerprint density at radius 3 is 3.23 bits per heavy atom. The summed E-state index contributed by atoms with van der Waals surface area (Å²) < 4.78 is 0. The van der Waals surface area contributed by atoms with Gasteiger partial charge in [0.25, 0.3) is 0 Å². The number of hydrogen-bond acceptors (Lipinski definition) is 2. The molecular formula is C10H14N2O. The number of carbonyl (C=O) groups excluding carboxylic acids is 1. The number of pyridine rings is 1. The molecule has 0 aromatic carbocycles. The first-order valence-electron chi connectivity index (χ1n) is 4.57. The SMILES string of the molecule is CCc1cnc2c(c1)CCC(=O)N2.[HH]. The Balaban J connectivity index is 0.000000980. The molecule has 0 unspecified atom stereocenters. The fourth-order valence-electron chi connectivity index (χ4n) is 1.50. The molecule has 0 bridgehead atoms. The van der Waals surface area contributed by atoms with Gasteiger partial charge in [0.15, 0.2) is 0 Å². The van der Waals surface area contributed by atoms with E-state index in [1.807, 2.05) is 6.20 Å². The molecule has 3 heteroatoms. The lowest BCUT2D eigenvalue weighted by Gasteiger charge is -2.15. The van der Waals surface area contributed by atoms with Crippen molar-refractivity contribution >= 4 is 11.7 Å². The summed E-state index contributed by atoms with van der Waals surface area (Å²) in [5.74, 6) is 0.817. The largest absolute Gasteiger partial charge is 0.310 e. The molecule has 1 aromatic rings. The number of rotatable bonds is 1. The Labute approximate surface area is 78.7 Å². The zero-order valence-electron chi connectivity index (χ0n) is 7.63. The van der Waals surface area contributed by atoms with Crippen LogP contribution in [0.15, 0.2) is 12.3 Å². The average Bonchev–Trinajstić information content (AvgIpc) is 2.17. The van der Waals surface area contributed by atoms with Gasteiger partial charge in [-0.1, -0.05) is 13.0 Å². The standard InChI is InChI=1S/C10H12N2O.H2/c1-2-7-5-8-3-4-9(13)12-10(8)11-6-7;/h5-6H,2-4H2,1H3,(H,11,12,13);1H. The maximum atomic E-state index is 11.0. The van der Waals surface area contributed by atoms with E-state index in [1.54, 1.807) is 0 Å². The van der Waals surface area contributed by atoms with Crippen molar-refractivity contribution in [3.63, 3.8) is 0 Å². The van der Waals surface area contributed by atoms with Gasteiger partial charge >= 0.3 is 0 Å². The molecule has 1 amide bonds. The van der Waals surface area contributed by atoms with Crippen LogP contribution >= 0.6 is 0 Å². The quantitative estimate of drug-likeness (QED) is 0.712. The van der Waals surface area contributed by atoms with Crippen LogP contribution in [0.1, 0.15) is 25.9 Å². The predicted octanol–water partition coefficient (Wildman–Crippen LogP) is 1.77. The molecule has 0 radical (unpaired) electrons. The molecule has 0 aliphatic carbocycles. The number of amides is 1. The summed E-state index contributed by atoms with van der Waals surface area (Å²) in [5.41, 5.74) is 2.40. The second-order valence-electron chi connectivity index (χ2n) is 3.25. The Morgan fingerprint density at radius 2 is 2.46 bits per heavy atom. The summed E-state index contributed by atoms with van der Waals surface area (Å²) in [6.45, 7) is 2.10. The molecule has 70 valence electrons. The summed E-state index contributed by atoms with van der Waals surface area (Å²) in [6.07, 6.45) is 4.22. The molecule has 2 rings (SSSR count). The van der Waals surface area contributed by atoms with E-state index in [2.05, 4.69) is 23.3 Å². The Hall–Kier alpha value is -1.38. The highest BCUT2D eigenvalue weighted by molar-refractivity contribution is 5.92. The van der Waals surface area contributed by atoms with Gasteiger partial charge < -0.3 is 5.32 Å². The first-order chi connectivity index (χ1) is 6.29. The van der Waals surface area contributed by atoms with Crippen LogP contribution in [0.5, 0.6) is 0 Å². The van der Waals surface area contributed by atoms with Gasteiger partial charge in [0.1, 0.15) is 5.82 Å². The molecule has 1 N–H and O–H groups in total. The van der Waals surface area contributed by atoms with Crippen molar-refractivity contribution in [2.45, 2.75) is 26.2 Å². The molecule has 1 aliphatic rings. The van der Waals surface area contributed by atoms with E-state index in [0.717, 1.165) is 18.7 Å². The summed E-state index contributed by atoms with van der Waals surface area (Å²) in [6, 6.07) is 2.13. The first-order valence-corrected chi connectivity index (χ1v) is 4.57. The van der Waals surface area contributed by atoms with Crippen molar-refractivity contribution in [1.29, 1.82) is 0 Å². The molecule has 0 saturated heterocycles. The Morgan fingerprint density at radius 1 is 1.62 bits per heavy atom. The number of hydrogen-bond donors (Lipinski definition) is 1. The first kappa shape index (κ1) is 8.23. The lowest BCUT2D eigenvalue weighted by molar-refractivity contribution is -0.116. The zero-order chi connectivity index (χ0) is 9.26. The molecule has 0 fully saturated rings. The maximum Gasteiger partial charge on any atom is 0.225 e. The number of aromatic nitrogens is 1. The van der Waals surface area contributed by atoms with Crippen LogP contribution in [0.4, 0.5) is 5.82 Å². The number of anilines is 1. The van der Waals surface area contributed by atoms with Crippen LogP contribution in [-0.4, -0.2) is 10.9 Å². The van der Waals surface area contributed by atoms with E-state index in [1.165, 1.54) is 11.1 Å². The third kappa shape index (κ3) is 1.54. The summed E-state index contributed by atoms with van der Waals surface area (Å²) >= 11 is 0. The molecule has 13 heavy (non-hydrogen) atoms. The number of carbonyl (C=O) groups is 1. The molecule has 1 aromatic heterocycles. The molecule has 2 heterocycles. The molecule has 0 spiro atoms. The average molecular weight is 178 g/mol. The summed E-state index contributed by atoms with van der Waals surface area (Å²) in [4.78, 5) is 15.2. The lowest BCUT2D eigenvalue weighted by Crippen LogP contribution is -2.20. The highest BCUT2D eigenvalue weighted by Crippen LogP contribution is 2.20. The Kier molecular flexibility index (Phi) is 2.00. The van der Waals surface area contributed by atoms with Gasteiger partial charge in [-0.2, -0.15) is 0 Å². The van der Waals surface area contributed by atoms with Crippen molar-refractivity contribution in [2.75, 3.05) is 5.32 Å². The van der Waals surface area contributed by atoms with Crippen molar-refractivity contribution in [3.8, 4) is 0 Å². The van der Waals surface area contributed by atoms with Crippen LogP contribution in [0.3, 0.4) is 0 Å². The molecule has 3 nitrogen and oxygen atoms in total. The number of aryl methyl sites for hydroxylation is 2. The van der Waals surface area contributed by atoms with Crippen LogP contribution in [0.2, 0.25) is 0 Å². The fraction of sp³-hybridized carbons (Fsp3) is 0.400. The zero-order valence-corrected chi connectivity index (χ0v) is 7.63. The molecule has 1 aliphatic heterocycles. The van der Waals surface area contributed by atoms with E-state index < -0.39 is 0 Å².